The van der Waals surface area contributed by atoms with Gasteiger partial charge in [0.15, 0.2) is 11.5 Å². The summed E-state index contributed by atoms with van der Waals surface area (Å²) in [5.74, 6) is 2.46. The molecule has 0 fully saturated rings. The molecule has 0 bridgehead atoms. The third-order valence-electron chi connectivity index (χ3n) is 3.72. The van der Waals surface area contributed by atoms with E-state index in [0.717, 1.165) is 33.7 Å². The van der Waals surface area contributed by atoms with Crippen molar-refractivity contribution in [2.45, 2.75) is 33.2 Å². The maximum Gasteiger partial charge on any atom is 0.197 e. The fraction of sp³-hybridized carbons (Fsp3) is 0.312. The Kier molecular flexibility index (Phi) is 3.10. The molecule has 4 heteroatoms. The second-order valence-electron chi connectivity index (χ2n) is 5.14. The molecule has 2 heterocycles. The highest BCUT2D eigenvalue weighted by Gasteiger charge is 2.20. The molecule has 0 radical (unpaired) electrons. The molecule has 0 aliphatic rings. The van der Waals surface area contributed by atoms with Crippen LogP contribution in [-0.2, 0) is 6.42 Å². The SMILES string of the molecule is Cc1oc(C)c(C(N)Cc2nc3ccccc3o2)c1C. The topological polar surface area (TPSA) is 65.2 Å². The molecule has 0 saturated heterocycles. The van der Waals surface area contributed by atoms with Gasteiger partial charge in [-0.25, -0.2) is 4.98 Å². The average Bonchev–Trinajstić information content (AvgIpc) is 2.90. The van der Waals surface area contributed by atoms with E-state index in [2.05, 4.69) is 4.98 Å². The van der Waals surface area contributed by atoms with Crippen LogP contribution in [0.25, 0.3) is 11.1 Å². The third kappa shape index (κ3) is 2.12. The van der Waals surface area contributed by atoms with Crippen molar-refractivity contribution in [3.05, 3.63) is 52.8 Å². The molecule has 4 nitrogen and oxygen atoms in total. The van der Waals surface area contributed by atoms with Crippen molar-refractivity contribution in [1.29, 1.82) is 0 Å². The Bertz CT molecular complexity index is 722. The molecule has 20 heavy (non-hydrogen) atoms. The minimum atomic E-state index is -0.166. The summed E-state index contributed by atoms with van der Waals surface area (Å²) in [6, 6.07) is 7.57. The van der Waals surface area contributed by atoms with Gasteiger partial charge in [-0.15, -0.1) is 0 Å². The van der Waals surface area contributed by atoms with E-state index in [1.165, 1.54) is 0 Å². The summed E-state index contributed by atoms with van der Waals surface area (Å²) < 4.78 is 11.4. The molecule has 1 atom stereocenters. The summed E-state index contributed by atoms with van der Waals surface area (Å²) in [5.41, 5.74) is 10.1. The highest BCUT2D eigenvalue weighted by Crippen LogP contribution is 2.28. The van der Waals surface area contributed by atoms with Crippen LogP contribution < -0.4 is 5.73 Å². The molecule has 0 amide bonds. The zero-order chi connectivity index (χ0) is 14.3. The summed E-state index contributed by atoms with van der Waals surface area (Å²) in [6.07, 6.45) is 0.565. The van der Waals surface area contributed by atoms with Gasteiger partial charge in [0.25, 0.3) is 0 Å². The van der Waals surface area contributed by atoms with Crippen LogP contribution in [-0.4, -0.2) is 4.98 Å². The molecule has 0 aliphatic carbocycles. The molecule has 0 aliphatic heterocycles. The van der Waals surface area contributed by atoms with Crippen LogP contribution in [0.5, 0.6) is 0 Å². The van der Waals surface area contributed by atoms with Crippen molar-refractivity contribution in [1.82, 2.24) is 4.98 Å². The maximum absolute atomic E-state index is 6.30. The van der Waals surface area contributed by atoms with Crippen molar-refractivity contribution in [3.63, 3.8) is 0 Å². The van der Waals surface area contributed by atoms with Crippen LogP contribution in [0.1, 0.15) is 34.6 Å². The van der Waals surface area contributed by atoms with Gasteiger partial charge < -0.3 is 14.6 Å². The predicted molar refractivity (Wildman–Crippen MR) is 77.6 cm³/mol. The predicted octanol–water partition coefficient (Wildman–Crippen LogP) is 3.59. The lowest BCUT2D eigenvalue weighted by molar-refractivity contribution is 0.483. The van der Waals surface area contributed by atoms with Crippen molar-refractivity contribution in [2.24, 2.45) is 5.73 Å². The number of benzene rings is 1. The Labute approximate surface area is 117 Å². The molecule has 0 saturated carbocycles. The Hall–Kier alpha value is -2.07. The van der Waals surface area contributed by atoms with E-state index in [4.69, 9.17) is 14.6 Å². The van der Waals surface area contributed by atoms with E-state index in [0.29, 0.717) is 12.3 Å². The summed E-state index contributed by atoms with van der Waals surface area (Å²) in [7, 11) is 0. The molecule has 2 aromatic heterocycles. The van der Waals surface area contributed by atoms with Gasteiger partial charge in [0, 0.05) is 18.0 Å². The smallest absolute Gasteiger partial charge is 0.197 e. The number of hydrogen-bond donors (Lipinski definition) is 1. The van der Waals surface area contributed by atoms with E-state index in [1.54, 1.807) is 0 Å². The third-order valence-corrected chi connectivity index (χ3v) is 3.72. The maximum atomic E-state index is 6.30. The molecule has 104 valence electrons. The number of rotatable bonds is 3. The first-order valence-electron chi connectivity index (χ1n) is 6.72. The summed E-state index contributed by atoms with van der Waals surface area (Å²) in [5, 5.41) is 0. The summed E-state index contributed by atoms with van der Waals surface area (Å²) in [4.78, 5) is 4.47. The van der Waals surface area contributed by atoms with E-state index in [9.17, 15) is 0 Å². The number of fused-ring (bicyclic) bond motifs is 1. The Morgan fingerprint density at radius 2 is 1.85 bits per heavy atom. The van der Waals surface area contributed by atoms with Crippen LogP contribution in [0.4, 0.5) is 0 Å². The van der Waals surface area contributed by atoms with Crippen molar-refractivity contribution < 1.29 is 8.83 Å². The number of oxazole rings is 1. The second kappa shape index (κ2) is 4.80. The summed E-state index contributed by atoms with van der Waals surface area (Å²) in [6.45, 7) is 5.94. The number of aryl methyl sites for hydroxylation is 2. The van der Waals surface area contributed by atoms with Crippen LogP contribution in [0.15, 0.2) is 33.1 Å². The van der Waals surface area contributed by atoms with Gasteiger partial charge in [-0.05, 0) is 38.5 Å². The molecule has 3 rings (SSSR count). The molecule has 3 aromatic rings. The highest BCUT2D eigenvalue weighted by molar-refractivity contribution is 5.72. The van der Waals surface area contributed by atoms with Gasteiger partial charge in [-0.3, -0.25) is 0 Å². The Morgan fingerprint density at radius 1 is 1.10 bits per heavy atom. The van der Waals surface area contributed by atoms with Gasteiger partial charge >= 0.3 is 0 Å². The van der Waals surface area contributed by atoms with Crippen LogP contribution in [0.3, 0.4) is 0 Å². The molecule has 1 unspecified atom stereocenters. The van der Waals surface area contributed by atoms with Gasteiger partial charge in [0.2, 0.25) is 0 Å². The number of hydrogen-bond acceptors (Lipinski definition) is 4. The fourth-order valence-electron chi connectivity index (χ4n) is 2.65. The molecule has 2 N–H and O–H groups in total. The van der Waals surface area contributed by atoms with Gasteiger partial charge in [0.1, 0.15) is 17.0 Å². The number of furan rings is 1. The van der Waals surface area contributed by atoms with E-state index in [1.807, 2.05) is 45.0 Å². The van der Waals surface area contributed by atoms with Crippen LogP contribution in [0, 0.1) is 20.8 Å². The standard InChI is InChI=1S/C16H18N2O2/c1-9-10(2)19-11(3)16(9)12(17)8-15-18-13-6-4-5-7-14(13)20-15/h4-7,12H,8,17H2,1-3H3. The van der Waals surface area contributed by atoms with Crippen molar-refractivity contribution in [3.8, 4) is 0 Å². The first kappa shape index (κ1) is 12.9. The molecule has 0 spiro atoms. The lowest BCUT2D eigenvalue weighted by Crippen LogP contribution is -2.15. The van der Waals surface area contributed by atoms with Gasteiger partial charge in [0.05, 0.1) is 0 Å². The quantitative estimate of drug-likeness (QED) is 0.790. The number of nitrogens with zero attached hydrogens (tertiary/aromatic N) is 1. The van der Waals surface area contributed by atoms with Crippen molar-refractivity contribution >= 4 is 11.1 Å². The fourth-order valence-corrected chi connectivity index (χ4v) is 2.65. The van der Waals surface area contributed by atoms with E-state index >= 15 is 0 Å². The summed E-state index contributed by atoms with van der Waals surface area (Å²) >= 11 is 0. The largest absolute Gasteiger partial charge is 0.466 e. The monoisotopic (exact) mass is 270 g/mol. The zero-order valence-corrected chi connectivity index (χ0v) is 11.9. The Morgan fingerprint density at radius 3 is 2.50 bits per heavy atom. The van der Waals surface area contributed by atoms with Crippen LogP contribution in [0.2, 0.25) is 0 Å². The van der Waals surface area contributed by atoms with Crippen LogP contribution >= 0.6 is 0 Å². The lowest BCUT2D eigenvalue weighted by Gasteiger charge is -2.09. The number of para-hydroxylation sites is 2. The van der Waals surface area contributed by atoms with E-state index in [-0.39, 0.29) is 6.04 Å². The highest BCUT2D eigenvalue weighted by atomic mass is 16.3. The lowest BCUT2D eigenvalue weighted by atomic mass is 10.0. The molecular formula is C16H18N2O2. The average molecular weight is 270 g/mol. The van der Waals surface area contributed by atoms with E-state index < -0.39 is 0 Å². The second-order valence-corrected chi connectivity index (χ2v) is 5.14. The van der Waals surface area contributed by atoms with Gasteiger partial charge in [-0.1, -0.05) is 12.1 Å². The zero-order valence-electron chi connectivity index (χ0n) is 11.9. The first-order chi connectivity index (χ1) is 9.56. The normalized spacial score (nSPS) is 13.0. The molecule has 1 aromatic carbocycles. The minimum absolute atomic E-state index is 0.166. The Balaban J connectivity index is 1.90. The number of aromatic nitrogens is 1. The number of nitrogens with two attached hydrogens (primary N) is 1. The minimum Gasteiger partial charge on any atom is -0.466 e. The first-order valence-corrected chi connectivity index (χ1v) is 6.72. The molecular weight excluding hydrogens is 252 g/mol. The van der Waals surface area contributed by atoms with Crippen molar-refractivity contribution in [2.75, 3.05) is 0 Å². The van der Waals surface area contributed by atoms with Gasteiger partial charge in [-0.2, -0.15) is 0 Å².